The van der Waals surface area contributed by atoms with E-state index in [1.165, 1.54) is 0 Å². The van der Waals surface area contributed by atoms with Crippen LogP contribution in [0.25, 0.3) is 0 Å². The maximum absolute atomic E-state index is 13.2. The van der Waals surface area contributed by atoms with Gasteiger partial charge < -0.3 is 20.7 Å². The predicted molar refractivity (Wildman–Crippen MR) is 112 cm³/mol. The van der Waals surface area contributed by atoms with Crippen LogP contribution in [-0.2, 0) is 19.1 Å². The molecule has 0 saturated carbocycles. The number of allylic oxidation sites excluding steroid dienone is 1. The maximum atomic E-state index is 13.2. The van der Waals surface area contributed by atoms with Crippen LogP contribution in [0.2, 0.25) is 0 Å². The topological polar surface area (TPSA) is 114 Å². The van der Waals surface area contributed by atoms with Gasteiger partial charge in [0.05, 0.1) is 6.04 Å². The highest BCUT2D eigenvalue weighted by Gasteiger charge is 2.34. The second-order valence-corrected chi connectivity index (χ2v) is 8.78. The summed E-state index contributed by atoms with van der Waals surface area (Å²) in [5, 5.41) is 7.10. The van der Waals surface area contributed by atoms with E-state index in [4.69, 9.17) is 4.74 Å². The second kappa shape index (κ2) is 10.9. The van der Waals surface area contributed by atoms with Crippen molar-refractivity contribution in [3.8, 4) is 0 Å². The molecule has 0 aromatic heterocycles. The molecule has 1 fully saturated rings. The summed E-state index contributed by atoms with van der Waals surface area (Å²) in [7, 11) is 0. The van der Waals surface area contributed by atoms with Crippen LogP contribution in [0.15, 0.2) is 12.2 Å². The number of alkyl halides is 2. The van der Waals surface area contributed by atoms with E-state index < -0.39 is 53.6 Å². The molecule has 0 bridgehead atoms. The first kappa shape index (κ1) is 25.1. The van der Waals surface area contributed by atoms with Crippen LogP contribution in [0.5, 0.6) is 0 Å². The van der Waals surface area contributed by atoms with Crippen molar-refractivity contribution in [2.45, 2.75) is 70.1 Å². The number of thiol groups is 1. The molecule has 0 aromatic rings. The molecule has 3 amide bonds. The maximum Gasteiger partial charge on any atom is 0.408 e. The van der Waals surface area contributed by atoms with Crippen LogP contribution < -0.4 is 16.0 Å². The van der Waals surface area contributed by atoms with Gasteiger partial charge in [0.15, 0.2) is 0 Å². The highest BCUT2D eigenvalue weighted by Crippen LogP contribution is 2.28. The minimum atomic E-state index is -2.92. The van der Waals surface area contributed by atoms with Crippen molar-refractivity contribution in [2.24, 2.45) is 11.8 Å². The summed E-state index contributed by atoms with van der Waals surface area (Å²) in [4.78, 5) is 48.7. The molecule has 174 valence electrons. The summed E-state index contributed by atoms with van der Waals surface area (Å²) < 4.78 is 31.5. The summed E-state index contributed by atoms with van der Waals surface area (Å²) in [5.74, 6) is -4.09. The monoisotopic (exact) mass is 461 g/mol. The number of carbonyl (C=O) groups is 4. The molecule has 2 rings (SSSR count). The Morgan fingerprint density at radius 2 is 1.97 bits per heavy atom. The van der Waals surface area contributed by atoms with E-state index in [0.717, 1.165) is 6.08 Å². The van der Waals surface area contributed by atoms with Gasteiger partial charge in [0.2, 0.25) is 16.9 Å². The lowest BCUT2D eigenvalue weighted by Gasteiger charge is -2.26. The molecule has 0 radical (unpaired) electrons. The molecular formula is C20H29F2N3O5S. The molecule has 0 aromatic carbocycles. The summed E-state index contributed by atoms with van der Waals surface area (Å²) in [6.07, 6.45) is 0.573. The molecule has 4 atom stereocenters. The Morgan fingerprint density at radius 3 is 2.48 bits per heavy atom. The van der Waals surface area contributed by atoms with Gasteiger partial charge in [-0.25, -0.2) is 13.6 Å². The van der Waals surface area contributed by atoms with Gasteiger partial charge in [0, 0.05) is 18.9 Å². The van der Waals surface area contributed by atoms with Crippen LogP contribution in [0, 0.1) is 11.8 Å². The zero-order valence-electron chi connectivity index (χ0n) is 17.5. The number of carbonyl (C=O) groups excluding carboxylic acids is 4. The summed E-state index contributed by atoms with van der Waals surface area (Å²) >= 11 is 3.81. The SMILES string of the molecule is CC(C)C[C@H](NC(=O)O[C@@H]1C=CC(F)(F)CC1)C(=O)N[C@@H](C[C@@H]1CCNC1=O)C(=O)S. The molecule has 31 heavy (non-hydrogen) atoms. The number of ether oxygens (including phenoxy) is 1. The van der Waals surface area contributed by atoms with Crippen LogP contribution >= 0.6 is 12.6 Å². The van der Waals surface area contributed by atoms with E-state index in [2.05, 4.69) is 28.6 Å². The van der Waals surface area contributed by atoms with Crippen molar-refractivity contribution >= 4 is 35.7 Å². The van der Waals surface area contributed by atoms with Gasteiger partial charge >= 0.3 is 6.09 Å². The van der Waals surface area contributed by atoms with E-state index >= 15 is 0 Å². The smallest absolute Gasteiger partial charge is 0.408 e. The highest BCUT2D eigenvalue weighted by molar-refractivity contribution is 7.96. The molecule has 11 heteroatoms. The predicted octanol–water partition coefficient (Wildman–Crippen LogP) is 1.95. The Morgan fingerprint density at radius 1 is 1.26 bits per heavy atom. The van der Waals surface area contributed by atoms with Crippen molar-refractivity contribution in [3.63, 3.8) is 0 Å². The van der Waals surface area contributed by atoms with Gasteiger partial charge in [0.1, 0.15) is 12.1 Å². The zero-order valence-corrected chi connectivity index (χ0v) is 18.4. The largest absolute Gasteiger partial charge is 0.442 e. The van der Waals surface area contributed by atoms with E-state index in [9.17, 15) is 28.0 Å². The van der Waals surface area contributed by atoms with Gasteiger partial charge in [-0.15, -0.1) is 12.6 Å². The molecule has 1 saturated heterocycles. The van der Waals surface area contributed by atoms with Crippen molar-refractivity contribution in [1.29, 1.82) is 0 Å². The fourth-order valence-corrected chi connectivity index (χ4v) is 3.70. The third-order valence-electron chi connectivity index (χ3n) is 5.19. The third-order valence-corrected chi connectivity index (χ3v) is 5.50. The first-order valence-electron chi connectivity index (χ1n) is 10.3. The van der Waals surface area contributed by atoms with Crippen molar-refractivity contribution in [1.82, 2.24) is 16.0 Å². The fourth-order valence-electron chi connectivity index (χ4n) is 3.53. The van der Waals surface area contributed by atoms with Crippen LogP contribution in [-0.4, -0.2) is 53.7 Å². The number of halogens is 2. The Hall–Kier alpha value is -2.17. The Labute approximate surface area is 185 Å². The van der Waals surface area contributed by atoms with Gasteiger partial charge in [-0.1, -0.05) is 13.8 Å². The number of hydrogen-bond donors (Lipinski definition) is 4. The van der Waals surface area contributed by atoms with Gasteiger partial charge in [-0.05, 0) is 43.8 Å². The average Bonchev–Trinajstić information content (AvgIpc) is 3.06. The van der Waals surface area contributed by atoms with Gasteiger partial charge in [-0.2, -0.15) is 0 Å². The molecular weight excluding hydrogens is 432 g/mol. The van der Waals surface area contributed by atoms with Crippen molar-refractivity contribution in [2.75, 3.05) is 6.54 Å². The van der Waals surface area contributed by atoms with Crippen LogP contribution in [0.3, 0.4) is 0 Å². The Bertz CT molecular complexity index is 732. The van der Waals surface area contributed by atoms with E-state index in [1.54, 1.807) is 0 Å². The summed E-state index contributed by atoms with van der Waals surface area (Å²) in [5.41, 5.74) is 0. The van der Waals surface area contributed by atoms with Crippen LogP contribution in [0.4, 0.5) is 13.6 Å². The first-order valence-corrected chi connectivity index (χ1v) is 10.8. The minimum absolute atomic E-state index is 0.0232. The zero-order chi connectivity index (χ0) is 23.2. The minimum Gasteiger partial charge on any atom is -0.442 e. The number of alkyl carbamates (subject to hydrolysis) is 1. The van der Waals surface area contributed by atoms with Crippen molar-refractivity contribution in [3.05, 3.63) is 12.2 Å². The molecule has 2 aliphatic rings. The van der Waals surface area contributed by atoms with Gasteiger partial charge in [0.25, 0.3) is 5.92 Å². The van der Waals surface area contributed by atoms with Crippen LogP contribution in [0.1, 0.15) is 46.0 Å². The molecule has 1 aliphatic carbocycles. The first-order chi connectivity index (χ1) is 14.5. The molecule has 0 spiro atoms. The van der Waals surface area contributed by atoms with E-state index in [-0.39, 0.29) is 31.1 Å². The lowest BCUT2D eigenvalue weighted by molar-refractivity contribution is -0.128. The quantitative estimate of drug-likeness (QED) is 0.310. The molecule has 1 aliphatic heterocycles. The summed E-state index contributed by atoms with van der Waals surface area (Å²) in [6, 6.07) is -1.99. The highest BCUT2D eigenvalue weighted by atomic mass is 32.1. The molecule has 3 N–H and O–H groups in total. The number of rotatable bonds is 9. The Balaban J connectivity index is 1.97. The number of hydrogen-bond acceptors (Lipinski definition) is 5. The number of amides is 3. The lowest BCUT2D eigenvalue weighted by Crippen LogP contribution is -2.52. The fraction of sp³-hybridized carbons (Fsp3) is 0.700. The molecule has 1 heterocycles. The second-order valence-electron chi connectivity index (χ2n) is 8.34. The van der Waals surface area contributed by atoms with E-state index in [0.29, 0.717) is 19.0 Å². The Kier molecular flexibility index (Phi) is 8.84. The number of nitrogens with one attached hydrogen (secondary N) is 3. The summed E-state index contributed by atoms with van der Waals surface area (Å²) in [6.45, 7) is 4.21. The third kappa shape index (κ3) is 8.12. The molecule has 0 unspecified atom stereocenters. The van der Waals surface area contributed by atoms with E-state index in [1.807, 2.05) is 13.8 Å². The van der Waals surface area contributed by atoms with Crippen molar-refractivity contribution < 1.29 is 32.7 Å². The lowest BCUT2D eigenvalue weighted by atomic mass is 9.98. The normalized spacial score (nSPS) is 24.3. The average molecular weight is 462 g/mol. The standard InChI is InChI=1S/C20H29F2N3O5S/c1-11(2)9-14(25-19(29)30-13-3-6-20(21,22)7-4-13)17(27)24-15(18(28)31)10-12-5-8-23-16(12)26/h3,6,11-15H,4-5,7-10H2,1-2H3,(H,23,26)(H,24,27)(H,25,29)(H,28,31)/t12-,13+,14-,15-/m0/s1. The van der Waals surface area contributed by atoms with Gasteiger partial charge in [-0.3, -0.25) is 14.4 Å². The molecule has 8 nitrogen and oxygen atoms in total.